The Labute approximate surface area is 180 Å². The van der Waals surface area contributed by atoms with E-state index in [-0.39, 0.29) is 24.8 Å². The first-order valence-corrected chi connectivity index (χ1v) is 10.7. The Morgan fingerprint density at radius 3 is 1.11 bits per heavy atom. The molecule has 0 saturated carbocycles. The Kier molecular flexibility index (Phi) is 7.84. The maximum absolute atomic E-state index is 2.32. The van der Waals surface area contributed by atoms with Crippen LogP contribution in [-0.4, -0.2) is 0 Å². The molecule has 0 fully saturated rings. The third-order valence-electron chi connectivity index (χ3n) is 4.91. The summed E-state index contributed by atoms with van der Waals surface area (Å²) in [6.45, 7) is 2.24. The van der Waals surface area contributed by atoms with Gasteiger partial charge in [0.25, 0.3) is 0 Å². The molecule has 28 heavy (non-hydrogen) atoms. The molecule has 0 nitrogen and oxygen atoms in total. The monoisotopic (exact) mass is 425 g/mol. The third kappa shape index (κ3) is 3.87. The molecule has 0 aromatic heterocycles. The third-order valence-corrected chi connectivity index (χ3v) is 9.35. The van der Waals surface area contributed by atoms with Gasteiger partial charge in [0.1, 0.15) is 28.5 Å². The summed E-state index contributed by atoms with van der Waals surface area (Å²) in [7, 11) is -1.94. The maximum atomic E-state index is 2.32. The fourth-order valence-corrected chi connectivity index (χ4v) is 8.26. The molecular weight excluding hydrogens is 402 g/mol. The number of rotatable bonds is 4. The molecule has 0 radical (unpaired) electrons. The van der Waals surface area contributed by atoms with Crippen molar-refractivity contribution in [2.24, 2.45) is 0 Å². The highest BCUT2D eigenvalue weighted by Crippen LogP contribution is 2.54. The first-order valence-electron chi connectivity index (χ1n) is 8.95. The zero-order valence-corrected chi connectivity index (χ0v) is 18.3. The van der Waals surface area contributed by atoms with E-state index in [0.717, 1.165) is 0 Å². The minimum absolute atomic E-state index is 0. The van der Waals surface area contributed by atoms with E-state index in [2.05, 4.69) is 122 Å². The molecule has 0 unspecified atom stereocenters. The summed E-state index contributed by atoms with van der Waals surface area (Å²) in [6, 6.07) is 41.9. The lowest BCUT2D eigenvalue weighted by molar-refractivity contribution is 1.51. The van der Waals surface area contributed by atoms with Gasteiger partial charge in [0.15, 0.2) is 0 Å². The van der Waals surface area contributed by atoms with Gasteiger partial charge in [-0.25, -0.2) is 0 Å². The Balaban J connectivity index is 0.00000140. The first-order chi connectivity index (χ1) is 12.8. The van der Waals surface area contributed by atoms with Gasteiger partial charge in [-0.15, -0.1) is 24.8 Å². The molecule has 0 aliphatic heterocycles. The quantitative estimate of drug-likeness (QED) is 0.381. The number of hydrogen-bond acceptors (Lipinski definition) is 0. The van der Waals surface area contributed by atoms with Gasteiger partial charge in [-0.3, -0.25) is 0 Å². The van der Waals surface area contributed by atoms with Crippen LogP contribution in [0.5, 0.6) is 0 Å². The molecule has 0 spiro atoms. The van der Waals surface area contributed by atoms with E-state index < -0.39 is 7.26 Å². The van der Waals surface area contributed by atoms with E-state index in [9.17, 15) is 0 Å². The van der Waals surface area contributed by atoms with Crippen molar-refractivity contribution < 1.29 is 0 Å². The van der Waals surface area contributed by atoms with Crippen LogP contribution in [0.15, 0.2) is 115 Å². The lowest BCUT2D eigenvalue weighted by Crippen LogP contribution is -2.39. The summed E-state index contributed by atoms with van der Waals surface area (Å²) in [4.78, 5) is 0. The summed E-state index contributed by atoms with van der Waals surface area (Å²) in [5, 5.41) is 5.62. The highest BCUT2D eigenvalue weighted by Gasteiger charge is 2.48. The Bertz CT molecular complexity index is 890. The van der Waals surface area contributed by atoms with Crippen molar-refractivity contribution in [2.75, 3.05) is 0 Å². The minimum atomic E-state index is -1.94. The van der Waals surface area contributed by atoms with Crippen molar-refractivity contribution >= 4 is 53.3 Å². The molecule has 3 heteroatoms. The van der Waals surface area contributed by atoms with Gasteiger partial charge in [0.2, 0.25) is 0 Å². The molecule has 0 bridgehead atoms. The molecular formula is C25H24Cl2P+. The zero-order valence-electron chi connectivity index (χ0n) is 15.7. The van der Waals surface area contributed by atoms with Gasteiger partial charge in [-0.2, -0.15) is 0 Å². The van der Waals surface area contributed by atoms with Crippen molar-refractivity contribution in [3.05, 3.63) is 121 Å². The van der Waals surface area contributed by atoms with Crippen molar-refractivity contribution in [3.63, 3.8) is 0 Å². The van der Waals surface area contributed by atoms with E-state index in [4.69, 9.17) is 0 Å². The van der Waals surface area contributed by atoms with Crippen LogP contribution in [0.1, 0.15) is 5.56 Å². The van der Waals surface area contributed by atoms with Crippen LogP contribution >= 0.6 is 32.1 Å². The van der Waals surface area contributed by atoms with Crippen molar-refractivity contribution in [1.82, 2.24) is 0 Å². The Hall–Kier alpha value is -2.11. The summed E-state index contributed by atoms with van der Waals surface area (Å²) in [6.07, 6.45) is 0. The maximum Gasteiger partial charge on any atom is 0.144 e. The molecule has 0 aliphatic rings. The standard InChI is InChI=1S/C25H22P.2ClH/c1-21-13-11-12-20-25(21)26(22-14-5-2-6-15-22,23-16-7-3-8-17-23)24-18-9-4-10-19-24;;/h2-20H,1H3;2*1H/q+1;;. The van der Waals surface area contributed by atoms with Gasteiger partial charge in [-0.05, 0) is 55.0 Å². The smallest absolute Gasteiger partial charge is 0.144 e. The van der Waals surface area contributed by atoms with E-state index >= 15 is 0 Å². The average Bonchev–Trinajstić information content (AvgIpc) is 2.72. The molecule has 4 rings (SSSR count). The molecule has 0 saturated heterocycles. The van der Waals surface area contributed by atoms with Crippen LogP contribution in [0.25, 0.3) is 0 Å². The van der Waals surface area contributed by atoms with E-state index in [1.54, 1.807) is 0 Å². The molecule has 142 valence electrons. The molecule has 4 aromatic rings. The van der Waals surface area contributed by atoms with Crippen LogP contribution in [0.3, 0.4) is 0 Å². The van der Waals surface area contributed by atoms with E-state index in [0.29, 0.717) is 0 Å². The predicted octanol–water partition coefficient (Wildman–Crippen LogP) is 5.46. The second-order valence-electron chi connectivity index (χ2n) is 6.46. The van der Waals surface area contributed by atoms with Crippen LogP contribution in [0.4, 0.5) is 0 Å². The summed E-state index contributed by atoms with van der Waals surface area (Å²) >= 11 is 0. The largest absolute Gasteiger partial charge is 0.147 e. The number of hydrogen-bond donors (Lipinski definition) is 0. The second-order valence-corrected chi connectivity index (χ2v) is 9.84. The number of aryl methyl sites for hydroxylation is 1. The predicted molar refractivity (Wildman–Crippen MR) is 130 cm³/mol. The van der Waals surface area contributed by atoms with Crippen molar-refractivity contribution in [2.45, 2.75) is 6.92 Å². The van der Waals surface area contributed by atoms with Crippen LogP contribution in [0.2, 0.25) is 0 Å². The molecule has 4 aromatic carbocycles. The Morgan fingerprint density at radius 2 is 0.750 bits per heavy atom. The number of benzene rings is 4. The summed E-state index contributed by atoms with van der Waals surface area (Å²) < 4.78 is 0. The van der Waals surface area contributed by atoms with Crippen LogP contribution in [-0.2, 0) is 0 Å². The van der Waals surface area contributed by atoms with E-state index in [1.807, 2.05) is 0 Å². The molecule has 0 N–H and O–H groups in total. The Morgan fingerprint density at radius 1 is 0.429 bits per heavy atom. The molecule has 0 heterocycles. The number of halogens is 2. The SMILES string of the molecule is Cc1ccccc1[P+](c1ccccc1)(c1ccccc1)c1ccccc1.Cl.Cl. The molecule has 0 aliphatic carbocycles. The fraction of sp³-hybridized carbons (Fsp3) is 0.0400. The van der Waals surface area contributed by atoms with Gasteiger partial charge < -0.3 is 0 Å². The average molecular weight is 426 g/mol. The second kappa shape index (κ2) is 9.89. The van der Waals surface area contributed by atoms with Crippen molar-refractivity contribution in [3.8, 4) is 0 Å². The highest BCUT2D eigenvalue weighted by molar-refractivity contribution is 8.01. The molecule has 0 atom stereocenters. The van der Waals surface area contributed by atoms with Gasteiger partial charge in [-0.1, -0.05) is 72.8 Å². The minimum Gasteiger partial charge on any atom is -0.147 e. The zero-order chi connectivity index (χ0) is 17.8. The van der Waals surface area contributed by atoms with Gasteiger partial charge >= 0.3 is 0 Å². The first kappa shape index (κ1) is 22.2. The fourth-order valence-electron chi connectivity index (χ4n) is 3.76. The lowest BCUT2D eigenvalue weighted by atomic mass is 10.2. The summed E-state index contributed by atoms with van der Waals surface area (Å²) in [5.41, 5.74) is 1.34. The highest BCUT2D eigenvalue weighted by atomic mass is 35.5. The molecule has 0 amide bonds. The lowest BCUT2D eigenvalue weighted by Gasteiger charge is -2.28. The van der Waals surface area contributed by atoms with Gasteiger partial charge in [0, 0.05) is 0 Å². The van der Waals surface area contributed by atoms with Crippen molar-refractivity contribution in [1.29, 1.82) is 0 Å². The normalized spacial score (nSPS) is 10.5. The summed E-state index contributed by atoms with van der Waals surface area (Å²) in [5.74, 6) is 0. The van der Waals surface area contributed by atoms with Gasteiger partial charge in [0.05, 0.1) is 0 Å². The van der Waals surface area contributed by atoms with E-state index in [1.165, 1.54) is 26.8 Å². The topological polar surface area (TPSA) is 0 Å². The van der Waals surface area contributed by atoms with Crippen LogP contribution in [0, 0.1) is 6.92 Å². The van der Waals surface area contributed by atoms with Crippen LogP contribution < -0.4 is 21.2 Å².